The van der Waals surface area contributed by atoms with Gasteiger partial charge in [-0.2, -0.15) is 0 Å². The molecule has 0 aromatic heterocycles. The van der Waals surface area contributed by atoms with Gasteiger partial charge in [0.2, 0.25) is 5.91 Å². The summed E-state index contributed by atoms with van der Waals surface area (Å²) >= 11 is 0. The first-order valence-electron chi connectivity index (χ1n) is 6.25. The van der Waals surface area contributed by atoms with E-state index < -0.39 is 21.5 Å². The van der Waals surface area contributed by atoms with Crippen molar-refractivity contribution in [2.45, 2.75) is 33.1 Å². The molecule has 0 saturated carbocycles. The second-order valence-electron chi connectivity index (χ2n) is 5.55. The normalized spacial score (nSPS) is 12.2. The Morgan fingerprint density at radius 2 is 1.68 bits per heavy atom. The van der Waals surface area contributed by atoms with Gasteiger partial charge in [-0.15, -0.1) is 0 Å². The first kappa shape index (κ1) is 15.7. The van der Waals surface area contributed by atoms with E-state index in [1.807, 2.05) is 12.1 Å². The maximum Gasteiger partial charge on any atom is 0.239 e. The van der Waals surface area contributed by atoms with Crippen LogP contribution in [0.1, 0.15) is 33.3 Å². The number of sulfone groups is 1. The van der Waals surface area contributed by atoms with Crippen LogP contribution in [0.2, 0.25) is 0 Å². The summed E-state index contributed by atoms with van der Waals surface area (Å²) < 4.78 is 22.6. The number of carbonyl (C=O) groups is 1. The highest BCUT2D eigenvalue weighted by Gasteiger charge is 2.15. The molecule has 0 saturated heterocycles. The van der Waals surface area contributed by atoms with E-state index in [0.29, 0.717) is 5.69 Å². The van der Waals surface area contributed by atoms with Gasteiger partial charge in [0.05, 0.1) is 0 Å². The van der Waals surface area contributed by atoms with Gasteiger partial charge in [0.1, 0.15) is 5.75 Å². The Hall–Kier alpha value is -1.36. The third-order valence-corrected chi connectivity index (χ3v) is 4.41. The zero-order valence-electron chi connectivity index (χ0n) is 11.9. The van der Waals surface area contributed by atoms with Crippen molar-refractivity contribution in [1.29, 1.82) is 0 Å². The molecule has 106 valence electrons. The zero-order chi connectivity index (χ0) is 14.7. The van der Waals surface area contributed by atoms with E-state index in [9.17, 15) is 13.2 Å². The molecule has 1 aromatic carbocycles. The van der Waals surface area contributed by atoms with Crippen molar-refractivity contribution >= 4 is 21.4 Å². The van der Waals surface area contributed by atoms with Crippen molar-refractivity contribution in [1.82, 2.24) is 0 Å². The number of amides is 1. The number of nitrogens with one attached hydrogen (secondary N) is 1. The fourth-order valence-electron chi connectivity index (χ4n) is 1.55. The average Bonchev–Trinajstić information content (AvgIpc) is 2.27. The zero-order valence-corrected chi connectivity index (χ0v) is 12.7. The van der Waals surface area contributed by atoms with Crippen molar-refractivity contribution in [3.05, 3.63) is 29.8 Å². The highest BCUT2D eigenvalue weighted by atomic mass is 32.2. The molecule has 0 unspecified atom stereocenters. The predicted molar refractivity (Wildman–Crippen MR) is 78.1 cm³/mol. The summed E-state index contributed by atoms with van der Waals surface area (Å²) in [5.74, 6) is -0.987. The third-order valence-electron chi connectivity index (χ3n) is 2.83. The van der Waals surface area contributed by atoms with Crippen LogP contribution in [0.25, 0.3) is 0 Å². The second kappa shape index (κ2) is 5.74. The molecule has 0 heterocycles. The molecule has 4 nitrogen and oxygen atoms in total. The summed E-state index contributed by atoms with van der Waals surface area (Å²) in [6.45, 7) is 7.85. The largest absolute Gasteiger partial charge is 0.325 e. The second-order valence-corrected chi connectivity index (χ2v) is 7.91. The third kappa shape index (κ3) is 5.03. The van der Waals surface area contributed by atoms with Crippen molar-refractivity contribution < 1.29 is 13.2 Å². The molecule has 1 N–H and O–H groups in total. The van der Waals surface area contributed by atoms with E-state index >= 15 is 0 Å². The molecule has 0 atom stereocenters. The Kier molecular flexibility index (Phi) is 4.74. The number of carbonyl (C=O) groups excluding carboxylic acids is 1. The predicted octanol–water partition coefficient (Wildman–Crippen LogP) is 2.36. The fraction of sp³-hybridized carbons (Fsp3) is 0.500. The topological polar surface area (TPSA) is 63.2 Å². The molecule has 0 radical (unpaired) electrons. The maximum atomic E-state index is 11.6. The van der Waals surface area contributed by atoms with Crippen molar-refractivity contribution in [2.75, 3.05) is 16.8 Å². The Bertz CT molecular complexity index is 539. The van der Waals surface area contributed by atoms with Crippen molar-refractivity contribution in [2.24, 2.45) is 0 Å². The molecule has 1 amide bonds. The summed E-state index contributed by atoms with van der Waals surface area (Å²) in [7, 11) is -3.28. The smallest absolute Gasteiger partial charge is 0.239 e. The SMILES string of the molecule is CCS(=O)(=O)CC(=O)Nc1ccc(C(C)(C)C)cc1. The van der Waals surface area contributed by atoms with Gasteiger partial charge >= 0.3 is 0 Å². The minimum atomic E-state index is -3.28. The van der Waals surface area contributed by atoms with Crippen LogP contribution in [0.3, 0.4) is 0 Å². The van der Waals surface area contributed by atoms with Gasteiger partial charge in [-0.05, 0) is 23.1 Å². The van der Waals surface area contributed by atoms with E-state index in [-0.39, 0.29) is 11.2 Å². The molecule has 19 heavy (non-hydrogen) atoms. The van der Waals surface area contributed by atoms with Gasteiger partial charge in [0, 0.05) is 11.4 Å². The van der Waals surface area contributed by atoms with E-state index in [2.05, 4.69) is 26.1 Å². The van der Waals surface area contributed by atoms with E-state index in [4.69, 9.17) is 0 Å². The van der Waals surface area contributed by atoms with Crippen LogP contribution in [0.5, 0.6) is 0 Å². The molecule has 0 aliphatic carbocycles. The molecular weight excluding hydrogens is 262 g/mol. The highest BCUT2D eigenvalue weighted by Crippen LogP contribution is 2.23. The lowest BCUT2D eigenvalue weighted by atomic mass is 9.87. The molecule has 5 heteroatoms. The Morgan fingerprint density at radius 3 is 2.11 bits per heavy atom. The lowest BCUT2D eigenvalue weighted by molar-refractivity contribution is -0.113. The standard InChI is InChI=1S/C14H21NO3S/c1-5-19(17,18)10-13(16)15-12-8-6-11(7-9-12)14(2,3)4/h6-9H,5,10H2,1-4H3,(H,15,16). The van der Waals surface area contributed by atoms with E-state index in [0.717, 1.165) is 5.56 Å². The van der Waals surface area contributed by atoms with Crippen LogP contribution in [-0.4, -0.2) is 25.8 Å². The molecule has 0 spiro atoms. The summed E-state index contributed by atoms with van der Waals surface area (Å²) in [6.07, 6.45) is 0. The lowest BCUT2D eigenvalue weighted by Crippen LogP contribution is -2.24. The van der Waals surface area contributed by atoms with Crippen LogP contribution in [0.15, 0.2) is 24.3 Å². The van der Waals surface area contributed by atoms with Gasteiger partial charge in [-0.3, -0.25) is 4.79 Å². The molecule has 0 fully saturated rings. The summed E-state index contributed by atoms with van der Waals surface area (Å²) in [6, 6.07) is 7.45. The minimum Gasteiger partial charge on any atom is -0.325 e. The summed E-state index contributed by atoms with van der Waals surface area (Å²) in [5, 5.41) is 2.59. The molecular formula is C14H21NO3S. The van der Waals surface area contributed by atoms with Crippen molar-refractivity contribution in [3.63, 3.8) is 0 Å². The lowest BCUT2D eigenvalue weighted by Gasteiger charge is -2.19. The molecule has 1 aromatic rings. The number of hydrogen-bond acceptors (Lipinski definition) is 3. The fourth-order valence-corrected chi connectivity index (χ4v) is 2.23. The minimum absolute atomic E-state index is 0.0244. The Balaban J connectivity index is 2.71. The highest BCUT2D eigenvalue weighted by molar-refractivity contribution is 7.92. The van der Waals surface area contributed by atoms with Crippen LogP contribution in [0, 0.1) is 0 Å². The average molecular weight is 283 g/mol. The number of benzene rings is 1. The van der Waals surface area contributed by atoms with Crippen molar-refractivity contribution in [3.8, 4) is 0 Å². The first-order chi connectivity index (χ1) is 8.64. The number of anilines is 1. The van der Waals surface area contributed by atoms with Gasteiger partial charge in [-0.25, -0.2) is 8.42 Å². The molecule has 0 aliphatic heterocycles. The molecule has 0 bridgehead atoms. The number of rotatable bonds is 4. The van der Waals surface area contributed by atoms with E-state index in [1.165, 1.54) is 6.92 Å². The Labute approximate surface area is 115 Å². The van der Waals surface area contributed by atoms with Crippen LogP contribution in [0.4, 0.5) is 5.69 Å². The maximum absolute atomic E-state index is 11.6. The van der Waals surface area contributed by atoms with Crippen LogP contribution >= 0.6 is 0 Å². The van der Waals surface area contributed by atoms with Gasteiger partial charge in [0.25, 0.3) is 0 Å². The van der Waals surface area contributed by atoms with Crippen LogP contribution in [-0.2, 0) is 20.0 Å². The first-order valence-corrected chi connectivity index (χ1v) is 8.07. The molecule has 0 aliphatic rings. The Morgan fingerprint density at radius 1 is 1.16 bits per heavy atom. The van der Waals surface area contributed by atoms with E-state index in [1.54, 1.807) is 12.1 Å². The quantitative estimate of drug-likeness (QED) is 0.922. The number of hydrogen-bond donors (Lipinski definition) is 1. The molecule has 1 rings (SSSR count). The summed E-state index contributed by atoms with van der Waals surface area (Å²) in [4.78, 5) is 11.6. The van der Waals surface area contributed by atoms with Gasteiger partial charge in [0.15, 0.2) is 9.84 Å². The summed E-state index contributed by atoms with van der Waals surface area (Å²) in [5.41, 5.74) is 1.82. The monoisotopic (exact) mass is 283 g/mol. The van der Waals surface area contributed by atoms with Gasteiger partial charge in [-0.1, -0.05) is 39.8 Å². The van der Waals surface area contributed by atoms with Gasteiger partial charge < -0.3 is 5.32 Å². The van der Waals surface area contributed by atoms with Crippen LogP contribution < -0.4 is 5.32 Å².